The lowest BCUT2D eigenvalue weighted by Crippen LogP contribution is -2.57. The summed E-state index contributed by atoms with van der Waals surface area (Å²) in [5.74, 6) is 2.97. The second kappa shape index (κ2) is 15.3. The lowest BCUT2D eigenvalue weighted by atomic mass is 9.91. The Balaban J connectivity index is 1.31. The normalized spacial score (nSPS) is 22.1. The summed E-state index contributed by atoms with van der Waals surface area (Å²) in [5.41, 5.74) is 1.31. The van der Waals surface area contributed by atoms with Crippen molar-refractivity contribution in [3.63, 3.8) is 0 Å². The van der Waals surface area contributed by atoms with Gasteiger partial charge in [0.05, 0.1) is 5.88 Å². The van der Waals surface area contributed by atoms with Gasteiger partial charge in [-0.15, -0.1) is 11.8 Å². The van der Waals surface area contributed by atoms with E-state index in [1.165, 1.54) is 37.7 Å². The maximum absolute atomic E-state index is 13.5. The van der Waals surface area contributed by atoms with Crippen LogP contribution in [0.5, 0.6) is 0 Å². The van der Waals surface area contributed by atoms with Crippen LogP contribution in [0.25, 0.3) is 0 Å². The molecule has 3 fully saturated rings. The molecule has 1 saturated carbocycles. The molecule has 2 N–H and O–H groups in total. The van der Waals surface area contributed by atoms with Gasteiger partial charge < -0.3 is 15.5 Å². The average Bonchev–Trinajstić information content (AvgIpc) is 3.44. The number of carbonyl (C=O) groups is 3. The van der Waals surface area contributed by atoms with E-state index in [1.807, 2.05) is 19.9 Å². The minimum absolute atomic E-state index is 0.00455. The number of carbonyl (C=O) groups excluding carboxylic acids is 3. The zero-order chi connectivity index (χ0) is 27.6. The second-order valence-electron chi connectivity index (χ2n) is 11.6. The van der Waals surface area contributed by atoms with Crippen molar-refractivity contribution in [1.82, 2.24) is 20.4 Å². The first kappa shape index (κ1) is 30.3. The van der Waals surface area contributed by atoms with Crippen molar-refractivity contribution in [3.05, 3.63) is 35.9 Å². The highest BCUT2D eigenvalue weighted by atomic mass is 32.2. The van der Waals surface area contributed by atoms with Gasteiger partial charge in [0.2, 0.25) is 17.7 Å². The molecule has 0 radical (unpaired) electrons. The Morgan fingerprint density at radius 1 is 1.03 bits per heavy atom. The fourth-order valence-corrected chi connectivity index (χ4v) is 8.18. The first-order valence-electron chi connectivity index (χ1n) is 14.7. The van der Waals surface area contributed by atoms with E-state index in [4.69, 9.17) is 0 Å². The summed E-state index contributed by atoms with van der Waals surface area (Å²) < 4.78 is 0. The van der Waals surface area contributed by atoms with Crippen LogP contribution in [-0.4, -0.2) is 81.9 Å². The Morgan fingerprint density at radius 2 is 1.74 bits per heavy atom. The van der Waals surface area contributed by atoms with Gasteiger partial charge in [-0.1, -0.05) is 63.4 Å². The minimum atomic E-state index is -0.588. The van der Waals surface area contributed by atoms with Crippen molar-refractivity contribution >= 4 is 41.2 Å². The zero-order valence-electron chi connectivity index (χ0n) is 23.6. The molecular formula is C30H46N4O3S2. The van der Waals surface area contributed by atoms with E-state index in [9.17, 15) is 14.4 Å². The summed E-state index contributed by atoms with van der Waals surface area (Å²) in [7, 11) is 0. The first-order valence-corrected chi connectivity index (χ1v) is 17.0. The van der Waals surface area contributed by atoms with Crippen LogP contribution in [0.2, 0.25) is 0 Å². The number of likely N-dealkylation sites (tertiary alicyclic amines) is 1. The van der Waals surface area contributed by atoms with Gasteiger partial charge in [0, 0.05) is 43.1 Å². The molecule has 1 aliphatic carbocycles. The summed E-state index contributed by atoms with van der Waals surface area (Å²) in [4.78, 5) is 43.7. The van der Waals surface area contributed by atoms with Crippen LogP contribution in [0.15, 0.2) is 30.3 Å². The molecule has 39 heavy (non-hydrogen) atoms. The van der Waals surface area contributed by atoms with Gasteiger partial charge in [0.1, 0.15) is 12.1 Å². The third-order valence-corrected chi connectivity index (χ3v) is 10.4. The number of thioether (sulfide) groups is 2. The topological polar surface area (TPSA) is 81.8 Å². The highest BCUT2D eigenvalue weighted by Crippen LogP contribution is 2.27. The van der Waals surface area contributed by atoms with Gasteiger partial charge in [0.15, 0.2) is 0 Å². The van der Waals surface area contributed by atoms with Gasteiger partial charge in [-0.2, -0.15) is 11.8 Å². The summed E-state index contributed by atoms with van der Waals surface area (Å²) in [6, 6.07) is 9.53. The molecule has 2 heterocycles. The van der Waals surface area contributed by atoms with Crippen molar-refractivity contribution < 1.29 is 14.4 Å². The number of piperidine rings is 1. The van der Waals surface area contributed by atoms with E-state index in [-0.39, 0.29) is 29.7 Å². The van der Waals surface area contributed by atoms with Gasteiger partial charge in [-0.3, -0.25) is 19.3 Å². The number of hydrogen-bond acceptors (Lipinski definition) is 6. The maximum atomic E-state index is 13.5. The number of benzene rings is 1. The number of nitrogens with one attached hydrogen (secondary N) is 2. The van der Waals surface area contributed by atoms with Gasteiger partial charge >= 0.3 is 0 Å². The second-order valence-corrected chi connectivity index (χ2v) is 13.7. The first-order chi connectivity index (χ1) is 18.9. The van der Waals surface area contributed by atoms with E-state index < -0.39 is 12.1 Å². The number of hydrogen-bond donors (Lipinski definition) is 2. The largest absolute Gasteiger partial charge is 0.351 e. The highest BCUT2D eigenvalue weighted by Gasteiger charge is 2.37. The Kier molecular flexibility index (Phi) is 11.9. The fourth-order valence-electron chi connectivity index (χ4n) is 5.74. The molecule has 9 heteroatoms. The van der Waals surface area contributed by atoms with Crippen LogP contribution in [0.4, 0.5) is 0 Å². The van der Waals surface area contributed by atoms with Crippen LogP contribution in [0.1, 0.15) is 64.4 Å². The quantitative estimate of drug-likeness (QED) is 0.414. The molecule has 2 saturated heterocycles. The number of amides is 3. The summed E-state index contributed by atoms with van der Waals surface area (Å²) >= 11 is 3.39. The molecule has 1 aromatic carbocycles. The van der Waals surface area contributed by atoms with Crippen LogP contribution in [-0.2, 0) is 20.9 Å². The molecular weight excluding hydrogens is 528 g/mol. The smallest absolute Gasteiger partial charge is 0.244 e. The van der Waals surface area contributed by atoms with Gasteiger partial charge in [-0.05, 0) is 42.9 Å². The van der Waals surface area contributed by atoms with Crippen LogP contribution >= 0.6 is 23.5 Å². The standard InChI is InChI=1S/C30H46N4O3S2/c1-22(2)30(37)34-21-39-20-27(34)29(36)32-26(19-38-18-24-11-7-4-8-12-24)28(35)31-25-13-15-33(16-14-25)17-23-9-5-3-6-10-23/h3,5-6,9-10,22,24-27H,4,7-8,11-21H2,1-2H3,(H,31,35)(H,32,36)/t26-,27-/m0/s1. The zero-order valence-corrected chi connectivity index (χ0v) is 25.2. The number of nitrogens with zero attached hydrogens (tertiary/aromatic N) is 2. The lowest BCUT2D eigenvalue weighted by Gasteiger charge is -2.33. The van der Waals surface area contributed by atoms with Crippen LogP contribution in [0.3, 0.4) is 0 Å². The molecule has 3 aliphatic rings. The molecule has 0 bridgehead atoms. The van der Waals surface area contributed by atoms with Crippen molar-refractivity contribution in [2.75, 3.05) is 36.2 Å². The SMILES string of the molecule is CC(C)C(=O)N1CSC[C@H]1C(=O)N[C@@H](CSCC1CCCCC1)C(=O)NC1CCN(Cc2ccccc2)CC1. The van der Waals surface area contributed by atoms with E-state index in [0.29, 0.717) is 23.3 Å². The molecule has 3 amide bonds. The van der Waals surface area contributed by atoms with E-state index >= 15 is 0 Å². The van der Waals surface area contributed by atoms with Crippen LogP contribution < -0.4 is 10.6 Å². The third-order valence-electron chi connectivity index (χ3n) is 8.14. The molecule has 0 aromatic heterocycles. The van der Waals surface area contributed by atoms with Crippen LogP contribution in [0, 0.1) is 11.8 Å². The number of rotatable bonds is 11. The molecule has 1 aromatic rings. The predicted octanol–water partition coefficient (Wildman–Crippen LogP) is 4.12. The average molecular weight is 575 g/mol. The molecule has 2 atom stereocenters. The summed E-state index contributed by atoms with van der Waals surface area (Å²) in [6.07, 6.45) is 8.28. The molecule has 0 spiro atoms. The Bertz CT molecular complexity index is 933. The van der Waals surface area contributed by atoms with E-state index in [2.05, 4.69) is 39.8 Å². The minimum Gasteiger partial charge on any atom is -0.351 e. The summed E-state index contributed by atoms with van der Waals surface area (Å²) in [6.45, 7) is 6.55. The molecule has 7 nitrogen and oxygen atoms in total. The Morgan fingerprint density at radius 3 is 2.44 bits per heavy atom. The van der Waals surface area contributed by atoms with E-state index in [0.717, 1.165) is 38.2 Å². The monoisotopic (exact) mass is 574 g/mol. The van der Waals surface area contributed by atoms with Gasteiger partial charge in [0.25, 0.3) is 0 Å². The van der Waals surface area contributed by atoms with Crippen molar-refractivity contribution in [2.24, 2.45) is 11.8 Å². The molecule has 2 aliphatic heterocycles. The van der Waals surface area contributed by atoms with E-state index in [1.54, 1.807) is 28.4 Å². The lowest BCUT2D eigenvalue weighted by molar-refractivity contribution is -0.141. The highest BCUT2D eigenvalue weighted by molar-refractivity contribution is 7.99. The summed E-state index contributed by atoms with van der Waals surface area (Å²) in [5, 5.41) is 6.32. The van der Waals surface area contributed by atoms with Gasteiger partial charge in [-0.25, -0.2) is 0 Å². The Hall–Kier alpha value is -1.71. The maximum Gasteiger partial charge on any atom is 0.244 e. The van der Waals surface area contributed by atoms with Crippen molar-refractivity contribution in [2.45, 2.75) is 83.5 Å². The Labute approximate surface area is 243 Å². The predicted molar refractivity (Wildman–Crippen MR) is 162 cm³/mol. The third kappa shape index (κ3) is 9.15. The molecule has 0 unspecified atom stereocenters. The molecule has 216 valence electrons. The van der Waals surface area contributed by atoms with Crippen molar-refractivity contribution in [1.29, 1.82) is 0 Å². The molecule has 4 rings (SSSR count). The fraction of sp³-hybridized carbons (Fsp3) is 0.700. The van der Waals surface area contributed by atoms with Crippen molar-refractivity contribution in [3.8, 4) is 0 Å².